The number of ether oxygens (including phenoxy) is 2. The molecule has 6 N–H and O–H groups in total. The highest BCUT2D eigenvalue weighted by molar-refractivity contribution is 5.76. The van der Waals surface area contributed by atoms with E-state index in [0.29, 0.717) is 6.42 Å². The largest absolute Gasteiger partial charge is 0.394 e. The van der Waals surface area contributed by atoms with E-state index in [1.54, 1.807) is 6.08 Å². The summed E-state index contributed by atoms with van der Waals surface area (Å²) in [5.41, 5.74) is 0. The molecule has 0 aromatic rings. The molecule has 0 aromatic carbocycles. The topological polar surface area (TPSA) is 149 Å². The van der Waals surface area contributed by atoms with Gasteiger partial charge in [0.2, 0.25) is 5.91 Å². The van der Waals surface area contributed by atoms with Crippen molar-refractivity contribution in [3.63, 3.8) is 0 Å². The molecular formula is C74H131NO8. The van der Waals surface area contributed by atoms with E-state index < -0.39 is 49.5 Å². The van der Waals surface area contributed by atoms with E-state index in [1.807, 2.05) is 6.08 Å². The van der Waals surface area contributed by atoms with Crippen LogP contribution in [0.2, 0.25) is 0 Å². The van der Waals surface area contributed by atoms with Crippen LogP contribution >= 0.6 is 0 Å². The first kappa shape index (κ1) is 78.1. The van der Waals surface area contributed by atoms with E-state index in [-0.39, 0.29) is 12.5 Å². The van der Waals surface area contributed by atoms with E-state index in [4.69, 9.17) is 9.47 Å². The second-order valence-corrected chi connectivity index (χ2v) is 23.9. The van der Waals surface area contributed by atoms with Crippen molar-refractivity contribution in [1.82, 2.24) is 5.32 Å². The Morgan fingerprint density at radius 2 is 0.747 bits per heavy atom. The summed E-state index contributed by atoms with van der Waals surface area (Å²) in [4.78, 5) is 13.1. The van der Waals surface area contributed by atoms with Crippen LogP contribution in [0.25, 0.3) is 0 Å². The summed E-state index contributed by atoms with van der Waals surface area (Å²) in [6, 6.07) is -0.817. The average Bonchev–Trinajstić information content (AvgIpc) is 3.61. The molecular weight excluding hydrogens is 1030 g/mol. The zero-order valence-electron chi connectivity index (χ0n) is 53.7. The number of carbonyl (C=O) groups excluding carboxylic acids is 1. The SMILES string of the molecule is CC/C=C\C/C=C\C/C=C\C/C=C\C/C=C\C/C=C\C/C=C\CCCCCCCCCCCC(=O)NC(COC1OC(CO)C(O)C(O)C1O)C(O)/C=C/CCCCCCCCCCCCCCCCCCCCCCCCCCCCC. The Kier molecular flexibility index (Phi) is 58.5. The van der Waals surface area contributed by atoms with Gasteiger partial charge >= 0.3 is 0 Å². The van der Waals surface area contributed by atoms with Gasteiger partial charge in [0.1, 0.15) is 24.4 Å². The van der Waals surface area contributed by atoms with Gasteiger partial charge in [-0.15, -0.1) is 0 Å². The predicted molar refractivity (Wildman–Crippen MR) is 355 cm³/mol. The maximum Gasteiger partial charge on any atom is 0.220 e. The molecule has 1 amide bonds. The molecule has 480 valence electrons. The lowest BCUT2D eigenvalue weighted by Crippen LogP contribution is -2.60. The molecule has 1 fully saturated rings. The predicted octanol–water partition coefficient (Wildman–Crippen LogP) is 19.1. The molecule has 1 saturated heterocycles. The molecule has 1 heterocycles. The lowest BCUT2D eigenvalue weighted by atomic mass is 9.99. The minimum absolute atomic E-state index is 0.183. The number of hydrogen-bond acceptors (Lipinski definition) is 8. The van der Waals surface area contributed by atoms with Gasteiger partial charge < -0.3 is 40.3 Å². The number of amides is 1. The van der Waals surface area contributed by atoms with Gasteiger partial charge in [-0.3, -0.25) is 4.79 Å². The molecule has 7 unspecified atom stereocenters. The molecule has 1 rings (SSSR count). The van der Waals surface area contributed by atoms with E-state index in [0.717, 1.165) is 96.3 Å². The van der Waals surface area contributed by atoms with Crippen molar-refractivity contribution in [2.45, 2.75) is 352 Å². The quantitative estimate of drug-likeness (QED) is 0.0261. The van der Waals surface area contributed by atoms with Crippen LogP contribution in [0.5, 0.6) is 0 Å². The molecule has 9 nitrogen and oxygen atoms in total. The molecule has 0 aliphatic carbocycles. The van der Waals surface area contributed by atoms with Crippen molar-refractivity contribution >= 4 is 5.91 Å². The molecule has 0 aromatic heterocycles. The highest BCUT2D eigenvalue weighted by Crippen LogP contribution is 2.23. The Hall–Kier alpha value is -2.89. The zero-order valence-corrected chi connectivity index (χ0v) is 53.7. The fourth-order valence-electron chi connectivity index (χ4n) is 10.7. The van der Waals surface area contributed by atoms with Crippen molar-refractivity contribution in [2.24, 2.45) is 0 Å². The second-order valence-electron chi connectivity index (χ2n) is 23.9. The van der Waals surface area contributed by atoms with Crippen LogP contribution in [0.1, 0.15) is 309 Å². The van der Waals surface area contributed by atoms with Gasteiger partial charge in [0, 0.05) is 6.42 Å². The zero-order chi connectivity index (χ0) is 60.0. The van der Waals surface area contributed by atoms with Crippen molar-refractivity contribution < 1.29 is 39.8 Å². The van der Waals surface area contributed by atoms with Crippen molar-refractivity contribution in [2.75, 3.05) is 13.2 Å². The molecule has 0 spiro atoms. The highest BCUT2D eigenvalue weighted by atomic mass is 16.7. The number of carbonyl (C=O) groups is 1. The van der Waals surface area contributed by atoms with Crippen LogP contribution in [0, 0.1) is 0 Å². The lowest BCUT2D eigenvalue weighted by Gasteiger charge is -2.40. The molecule has 9 heteroatoms. The third-order valence-electron chi connectivity index (χ3n) is 16.2. The number of rotatable bonds is 60. The Bertz CT molecular complexity index is 1630. The third kappa shape index (κ3) is 50.9. The van der Waals surface area contributed by atoms with E-state index in [2.05, 4.69) is 104 Å². The van der Waals surface area contributed by atoms with Gasteiger partial charge in [0.15, 0.2) is 6.29 Å². The standard InChI is InChI=1S/C74H131NO8/c1-3-5-7-9-11-13-15-17-19-21-23-25-27-29-31-33-34-36-38-40-42-44-46-48-50-52-54-56-58-60-62-64-70(78)75-67(66-82-74-73(81)72(80)71(79)69(65-76)83-74)68(77)63-61-59-57-55-53-51-49-47-45-43-41-39-37-35-32-30-28-26-24-22-20-18-16-14-12-10-8-6-4-2/h5,7,11,13,17,19,23,25,29,31,34,36,40,42,61,63,67-69,71-74,76-77,79-81H,3-4,6,8-10,12,14-16,18,20-22,24,26-28,30,32-33,35,37-39,41,43-60,62,64-66H2,1-2H3,(H,75,78)/b7-5-,13-11-,19-17-,25-23-,31-29-,36-34-,42-40-,63-61+. The first-order valence-electron chi connectivity index (χ1n) is 35.0. The number of allylic oxidation sites excluding steroid dienone is 15. The van der Waals surface area contributed by atoms with E-state index in [9.17, 15) is 30.3 Å². The van der Waals surface area contributed by atoms with Gasteiger partial charge in [-0.25, -0.2) is 0 Å². The van der Waals surface area contributed by atoms with Gasteiger partial charge in [0.05, 0.1) is 25.4 Å². The Labute approximate surface area is 511 Å². The molecule has 7 atom stereocenters. The van der Waals surface area contributed by atoms with Gasteiger partial charge in [-0.1, -0.05) is 323 Å². The van der Waals surface area contributed by atoms with Crippen LogP contribution in [-0.2, 0) is 14.3 Å². The number of nitrogens with one attached hydrogen (secondary N) is 1. The normalized spacial score (nSPS) is 18.9. The Morgan fingerprint density at radius 1 is 0.422 bits per heavy atom. The molecule has 83 heavy (non-hydrogen) atoms. The van der Waals surface area contributed by atoms with E-state index >= 15 is 0 Å². The van der Waals surface area contributed by atoms with Crippen LogP contribution in [0.4, 0.5) is 0 Å². The van der Waals surface area contributed by atoms with Crippen LogP contribution < -0.4 is 5.32 Å². The minimum Gasteiger partial charge on any atom is -0.394 e. The van der Waals surface area contributed by atoms with Gasteiger partial charge in [-0.2, -0.15) is 0 Å². The molecule has 1 aliphatic rings. The molecule has 0 radical (unpaired) electrons. The summed E-state index contributed by atoms with van der Waals surface area (Å²) in [7, 11) is 0. The van der Waals surface area contributed by atoms with Crippen LogP contribution in [0.15, 0.2) is 97.2 Å². The van der Waals surface area contributed by atoms with Crippen molar-refractivity contribution in [1.29, 1.82) is 0 Å². The van der Waals surface area contributed by atoms with Crippen LogP contribution in [0.3, 0.4) is 0 Å². The number of aliphatic hydroxyl groups excluding tert-OH is 5. The molecule has 1 aliphatic heterocycles. The number of hydrogen-bond donors (Lipinski definition) is 6. The Morgan fingerprint density at radius 3 is 1.11 bits per heavy atom. The van der Waals surface area contributed by atoms with Gasteiger partial charge in [0.25, 0.3) is 0 Å². The molecule has 0 bridgehead atoms. The monoisotopic (exact) mass is 1160 g/mol. The maximum absolute atomic E-state index is 13.1. The fraction of sp³-hybridized carbons (Fsp3) is 0.770. The van der Waals surface area contributed by atoms with Crippen molar-refractivity contribution in [3.05, 3.63) is 97.2 Å². The third-order valence-corrected chi connectivity index (χ3v) is 16.2. The number of aliphatic hydroxyl groups is 5. The summed E-state index contributed by atoms with van der Waals surface area (Å²) in [5, 5.41) is 54.8. The smallest absolute Gasteiger partial charge is 0.220 e. The summed E-state index contributed by atoms with van der Waals surface area (Å²) < 4.78 is 11.3. The summed E-state index contributed by atoms with van der Waals surface area (Å²) >= 11 is 0. The first-order chi connectivity index (χ1) is 40.8. The van der Waals surface area contributed by atoms with Crippen molar-refractivity contribution in [3.8, 4) is 0 Å². The molecule has 0 saturated carbocycles. The summed E-state index contributed by atoms with van der Waals surface area (Å²) in [5.74, 6) is -0.183. The lowest BCUT2D eigenvalue weighted by molar-refractivity contribution is -0.302. The van der Waals surface area contributed by atoms with Crippen LogP contribution in [-0.4, -0.2) is 87.5 Å². The summed E-state index contributed by atoms with van der Waals surface area (Å²) in [6.07, 6.45) is 83.6. The number of unbranched alkanes of at least 4 members (excludes halogenated alkanes) is 36. The van der Waals surface area contributed by atoms with Gasteiger partial charge in [-0.05, 0) is 77.0 Å². The second kappa shape index (κ2) is 62.2. The fourth-order valence-corrected chi connectivity index (χ4v) is 10.7. The van der Waals surface area contributed by atoms with E-state index in [1.165, 1.54) is 193 Å². The maximum atomic E-state index is 13.1. The average molecular weight is 1160 g/mol. The summed E-state index contributed by atoms with van der Waals surface area (Å²) in [6.45, 7) is 3.69. The minimum atomic E-state index is -1.57. The Balaban J connectivity index is 2.16. The first-order valence-corrected chi connectivity index (χ1v) is 35.0. The highest BCUT2D eigenvalue weighted by Gasteiger charge is 2.44.